The van der Waals surface area contributed by atoms with Crippen molar-refractivity contribution >= 4 is 26.0 Å². The molecule has 108 valence electrons. The first-order chi connectivity index (χ1) is 8.90. The Balaban J connectivity index is 3.02. The maximum atomic E-state index is 12.2. The molecule has 0 aliphatic heterocycles. The van der Waals surface area contributed by atoms with Crippen molar-refractivity contribution in [1.29, 1.82) is 0 Å². The third-order valence-corrected chi connectivity index (χ3v) is 4.41. The second kappa shape index (κ2) is 7.23. The molecule has 1 unspecified atom stereocenters. The average Bonchev–Trinajstić information content (AvgIpc) is 2.38. The molecule has 0 saturated heterocycles. The minimum atomic E-state index is -3.71. The second-order valence-corrected chi connectivity index (χ2v) is 6.59. The van der Waals surface area contributed by atoms with Gasteiger partial charge in [-0.25, -0.2) is 13.1 Å². The van der Waals surface area contributed by atoms with Crippen molar-refractivity contribution in [1.82, 2.24) is 4.72 Å². The molecule has 19 heavy (non-hydrogen) atoms. The molecule has 0 aromatic heterocycles. The molecule has 0 heterocycles. The van der Waals surface area contributed by atoms with Crippen molar-refractivity contribution in [2.24, 2.45) is 0 Å². The van der Waals surface area contributed by atoms with Gasteiger partial charge in [-0.3, -0.25) is 0 Å². The van der Waals surface area contributed by atoms with Gasteiger partial charge in [-0.05, 0) is 31.5 Å². The molecule has 0 saturated carbocycles. The van der Waals surface area contributed by atoms with Crippen LogP contribution in [-0.2, 0) is 10.0 Å². The molecule has 0 spiro atoms. The number of sulfonamides is 1. The van der Waals surface area contributed by atoms with Crippen LogP contribution in [0.25, 0.3) is 0 Å². The van der Waals surface area contributed by atoms with E-state index in [9.17, 15) is 13.5 Å². The Morgan fingerprint density at radius 2 is 2.11 bits per heavy atom. The lowest BCUT2D eigenvalue weighted by atomic mass is 10.3. The molecule has 1 atom stereocenters. The minimum Gasteiger partial charge on any atom is -0.492 e. The van der Waals surface area contributed by atoms with Crippen LogP contribution in [0.5, 0.6) is 5.75 Å². The normalized spacial score (nSPS) is 13.3. The molecular formula is C12H18BrNO4S. The lowest BCUT2D eigenvalue weighted by molar-refractivity contribution is 0.174. The monoisotopic (exact) mass is 351 g/mol. The highest BCUT2D eigenvalue weighted by molar-refractivity contribution is 9.10. The van der Waals surface area contributed by atoms with Crippen molar-refractivity contribution in [3.8, 4) is 5.75 Å². The summed E-state index contributed by atoms with van der Waals surface area (Å²) in [5, 5.41) is 9.43. The molecule has 5 nitrogen and oxygen atoms in total. The van der Waals surface area contributed by atoms with Crippen molar-refractivity contribution < 1.29 is 18.3 Å². The smallest absolute Gasteiger partial charge is 0.244 e. The second-order valence-electron chi connectivity index (χ2n) is 3.94. The Morgan fingerprint density at radius 1 is 1.42 bits per heavy atom. The van der Waals surface area contributed by atoms with Crippen LogP contribution in [-0.4, -0.2) is 32.8 Å². The summed E-state index contributed by atoms with van der Waals surface area (Å²) >= 11 is 3.24. The topological polar surface area (TPSA) is 75.6 Å². The van der Waals surface area contributed by atoms with Gasteiger partial charge in [0.2, 0.25) is 10.0 Å². The van der Waals surface area contributed by atoms with E-state index in [0.29, 0.717) is 23.2 Å². The summed E-state index contributed by atoms with van der Waals surface area (Å²) in [6, 6.07) is 4.79. The number of halogens is 1. The lowest BCUT2D eigenvalue weighted by Crippen LogP contribution is -2.32. The first kappa shape index (κ1) is 16.4. The van der Waals surface area contributed by atoms with E-state index in [2.05, 4.69) is 20.7 Å². The zero-order valence-electron chi connectivity index (χ0n) is 10.9. The maximum absolute atomic E-state index is 12.2. The first-order valence-corrected chi connectivity index (χ1v) is 8.28. The predicted octanol–water partition coefficient (Wildman–Crippen LogP) is 1.90. The molecule has 2 N–H and O–H groups in total. The highest BCUT2D eigenvalue weighted by atomic mass is 79.9. The third-order valence-electron chi connectivity index (χ3n) is 2.48. The summed E-state index contributed by atoms with van der Waals surface area (Å²) in [7, 11) is -3.71. The van der Waals surface area contributed by atoms with Crippen molar-refractivity contribution in [2.75, 3.05) is 13.2 Å². The van der Waals surface area contributed by atoms with E-state index in [1.54, 1.807) is 26.0 Å². The molecule has 0 radical (unpaired) electrons. The van der Waals surface area contributed by atoms with Crippen LogP contribution < -0.4 is 9.46 Å². The van der Waals surface area contributed by atoms with Gasteiger partial charge in [-0.1, -0.05) is 22.9 Å². The number of aliphatic hydroxyl groups is 1. The Hall–Kier alpha value is -0.630. The number of benzene rings is 1. The number of hydrogen-bond acceptors (Lipinski definition) is 4. The fourth-order valence-electron chi connectivity index (χ4n) is 1.39. The van der Waals surface area contributed by atoms with Gasteiger partial charge in [0, 0.05) is 11.0 Å². The Labute approximate surface area is 122 Å². The van der Waals surface area contributed by atoms with Crippen LogP contribution in [0.1, 0.15) is 20.3 Å². The van der Waals surface area contributed by atoms with Gasteiger partial charge in [0.05, 0.1) is 12.7 Å². The van der Waals surface area contributed by atoms with Gasteiger partial charge >= 0.3 is 0 Å². The van der Waals surface area contributed by atoms with E-state index < -0.39 is 16.1 Å². The molecule has 0 fully saturated rings. The fourth-order valence-corrected chi connectivity index (χ4v) is 3.15. The molecule has 7 heteroatoms. The highest BCUT2D eigenvalue weighted by Gasteiger charge is 2.20. The van der Waals surface area contributed by atoms with E-state index >= 15 is 0 Å². The number of hydrogen-bond donors (Lipinski definition) is 2. The van der Waals surface area contributed by atoms with Crippen LogP contribution in [0.3, 0.4) is 0 Å². The first-order valence-electron chi connectivity index (χ1n) is 6.00. The fraction of sp³-hybridized carbons (Fsp3) is 0.500. The number of ether oxygens (including phenoxy) is 1. The maximum Gasteiger partial charge on any atom is 0.244 e. The van der Waals surface area contributed by atoms with E-state index in [-0.39, 0.29) is 11.4 Å². The molecular weight excluding hydrogens is 334 g/mol. The van der Waals surface area contributed by atoms with Gasteiger partial charge in [-0.2, -0.15) is 0 Å². The van der Waals surface area contributed by atoms with Crippen LogP contribution >= 0.6 is 15.9 Å². The van der Waals surface area contributed by atoms with Crippen molar-refractivity contribution in [3.63, 3.8) is 0 Å². The summed E-state index contributed by atoms with van der Waals surface area (Å²) in [5.74, 6) is 0.296. The Kier molecular flexibility index (Phi) is 6.25. The predicted molar refractivity (Wildman–Crippen MR) is 76.8 cm³/mol. The summed E-state index contributed by atoms with van der Waals surface area (Å²) in [6.07, 6.45) is -0.211. The molecule has 0 amide bonds. The summed E-state index contributed by atoms with van der Waals surface area (Å²) < 4.78 is 32.7. The molecule has 0 aliphatic rings. The lowest BCUT2D eigenvalue weighted by Gasteiger charge is -2.14. The molecule has 1 aromatic rings. The third kappa shape index (κ3) is 4.76. The van der Waals surface area contributed by atoms with Gasteiger partial charge in [-0.15, -0.1) is 0 Å². The number of nitrogens with one attached hydrogen (secondary N) is 1. The Morgan fingerprint density at radius 3 is 2.68 bits per heavy atom. The molecule has 1 aromatic carbocycles. The van der Waals surface area contributed by atoms with Crippen molar-refractivity contribution in [2.45, 2.75) is 31.3 Å². The van der Waals surface area contributed by atoms with Crippen LogP contribution in [0, 0.1) is 0 Å². The molecule has 0 bridgehead atoms. The van der Waals surface area contributed by atoms with Gasteiger partial charge in [0.25, 0.3) is 0 Å². The van der Waals surface area contributed by atoms with Crippen molar-refractivity contribution in [3.05, 3.63) is 22.7 Å². The van der Waals surface area contributed by atoms with Crippen LogP contribution in [0.4, 0.5) is 0 Å². The zero-order valence-corrected chi connectivity index (χ0v) is 13.3. The van der Waals surface area contributed by atoms with Crippen LogP contribution in [0.2, 0.25) is 0 Å². The average molecular weight is 352 g/mol. The van der Waals surface area contributed by atoms with Gasteiger partial charge in [0.1, 0.15) is 10.6 Å². The number of rotatable bonds is 7. The van der Waals surface area contributed by atoms with Crippen LogP contribution in [0.15, 0.2) is 27.6 Å². The zero-order chi connectivity index (χ0) is 14.5. The summed E-state index contributed by atoms with van der Waals surface area (Å²) in [4.78, 5) is 0.0621. The molecule has 1 rings (SSSR count). The number of aliphatic hydroxyl groups excluding tert-OH is 1. The molecule has 0 aliphatic carbocycles. The van der Waals surface area contributed by atoms with Gasteiger partial charge < -0.3 is 9.84 Å². The summed E-state index contributed by atoms with van der Waals surface area (Å²) in [6.45, 7) is 3.93. The Bertz CT molecular complexity index is 518. The largest absolute Gasteiger partial charge is 0.492 e. The minimum absolute atomic E-state index is 0.0170. The van der Waals surface area contributed by atoms with Gasteiger partial charge in [0.15, 0.2) is 0 Å². The van der Waals surface area contributed by atoms with E-state index in [0.717, 1.165) is 0 Å². The quantitative estimate of drug-likeness (QED) is 0.786. The van der Waals surface area contributed by atoms with E-state index in [1.165, 1.54) is 6.07 Å². The highest BCUT2D eigenvalue weighted by Crippen LogP contribution is 2.27. The SMILES string of the molecule is CCOc1ccc(Br)cc1S(=O)(=O)NCC(O)CC. The van der Waals surface area contributed by atoms with E-state index in [4.69, 9.17) is 4.74 Å². The summed E-state index contributed by atoms with van der Waals surface area (Å²) in [5.41, 5.74) is 0. The standard InChI is InChI=1S/C12H18BrNO4S/c1-3-10(15)8-14-19(16,17)12-7-9(13)5-6-11(12)18-4-2/h5-7,10,14-15H,3-4,8H2,1-2H3. The van der Waals surface area contributed by atoms with E-state index in [1.807, 2.05) is 0 Å².